The zero-order chi connectivity index (χ0) is 14.4. The van der Waals surface area contributed by atoms with Gasteiger partial charge in [-0.3, -0.25) is 10.1 Å². The Hall–Kier alpha value is -2.76. The molecule has 2 heterocycles. The summed E-state index contributed by atoms with van der Waals surface area (Å²) in [5.41, 5.74) is 5.20. The Labute approximate surface area is 120 Å². The van der Waals surface area contributed by atoms with E-state index in [-0.39, 0.29) is 5.91 Å². The Balaban J connectivity index is 1.95. The lowest BCUT2D eigenvalue weighted by atomic mass is 9.89. The third-order valence-corrected chi connectivity index (χ3v) is 3.70. The number of fused-ring (bicyclic) bond motifs is 4. The predicted octanol–water partition coefficient (Wildman–Crippen LogP) is 1.85. The van der Waals surface area contributed by atoms with Crippen molar-refractivity contribution in [3.63, 3.8) is 0 Å². The highest BCUT2D eigenvalue weighted by Gasteiger charge is 2.20. The second kappa shape index (κ2) is 4.37. The number of nitrogens with zero attached hydrogens (tertiary/aromatic N) is 4. The van der Waals surface area contributed by atoms with E-state index >= 15 is 0 Å². The van der Waals surface area contributed by atoms with E-state index in [0.717, 1.165) is 24.1 Å². The summed E-state index contributed by atoms with van der Waals surface area (Å²) in [5, 5.41) is 15.3. The Kier molecular flexibility index (Phi) is 2.50. The average Bonchev–Trinajstić information content (AvgIpc) is 2.87. The topological polar surface area (TPSA) is 72.2 Å². The second-order valence-electron chi connectivity index (χ2n) is 5.15. The first-order valence-electron chi connectivity index (χ1n) is 6.83. The number of rotatable bonds is 1. The van der Waals surface area contributed by atoms with Gasteiger partial charge < -0.3 is 0 Å². The summed E-state index contributed by atoms with van der Waals surface area (Å²) >= 11 is 0. The van der Waals surface area contributed by atoms with Crippen LogP contribution in [-0.4, -0.2) is 25.7 Å². The summed E-state index contributed by atoms with van der Waals surface area (Å²) in [6, 6.07) is 10.3. The highest BCUT2D eigenvalue weighted by Crippen LogP contribution is 2.32. The van der Waals surface area contributed by atoms with Gasteiger partial charge in [0.05, 0.1) is 5.69 Å². The van der Waals surface area contributed by atoms with Crippen LogP contribution in [0.25, 0.3) is 16.9 Å². The number of benzene rings is 1. The molecule has 104 valence electrons. The first-order valence-corrected chi connectivity index (χ1v) is 6.83. The number of carbonyl (C=O) groups excluding carboxylic acids is 1. The van der Waals surface area contributed by atoms with E-state index in [0.29, 0.717) is 11.6 Å². The molecule has 1 aliphatic carbocycles. The minimum Gasteiger partial charge on any atom is -0.293 e. The quantitative estimate of drug-likeness (QED) is 0.738. The predicted molar refractivity (Wildman–Crippen MR) is 77.9 cm³/mol. The van der Waals surface area contributed by atoms with E-state index in [9.17, 15) is 4.79 Å². The lowest BCUT2D eigenvalue weighted by Crippen LogP contribution is -2.12. The molecular formula is C15H13N5O. The average molecular weight is 279 g/mol. The lowest BCUT2D eigenvalue weighted by molar-refractivity contribution is -0.114. The van der Waals surface area contributed by atoms with Crippen molar-refractivity contribution in [2.45, 2.75) is 19.8 Å². The fourth-order valence-electron chi connectivity index (χ4n) is 2.76. The van der Waals surface area contributed by atoms with E-state index in [1.165, 1.54) is 18.1 Å². The minimum absolute atomic E-state index is 0.191. The molecule has 2 aromatic heterocycles. The lowest BCUT2D eigenvalue weighted by Gasteiger charge is -2.18. The van der Waals surface area contributed by atoms with Crippen molar-refractivity contribution in [3.05, 3.63) is 41.5 Å². The number of aryl methyl sites for hydroxylation is 2. The highest BCUT2D eigenvalue weighted by molar-refractivity contribution is 5.87. The molecule has 1 aromatic carbocycles. The molecule has 0 fully saturated rings. The number of hydrogen-bond donors (Lipinski definition) is 1. The molecule has 1 N–H and O–H groups in total. The molecule has 21 heavy (non-hydrogen) atoms. The molecule has 6 heteroatoms. The van der Waals surface area contributed by atoms with Crippen molar-refractivity contribution in [3.8, 4) is 11.3 Å². The number of carbonyl (C=O) groups is 1. The van der Waals surface area contributed by atoms with Gasteiger partial charge in [0.25, 0.3) is 5.95 Å². The molecule has 1 aliphatic rings. The van der Waals surface area contributed by atoms with E-state index < -0.39 is 0 Å². The van der Waals surface area contributed by atoms with Gasteiger partial charge in [0, 0.05) is 12.5 Å². The maximum atomic E-state index is 11.2. The van der Waals surface area contributed by atoms with Gasteiger partial charge in [-0.15, -0.1) is 10.2 Å². The Bertz CT molecular complexity index is 868. The molecule has 0 saturated carbocycles. The van der Waals surface area contributed by atoms with Crippen LogP contribution in [0.1, 0.15) is 18.1 Å². The van der Waals surface area contributed by atoms with E-state index in [1.807, 2.05) is 18.2 Å². The zero-order valence-corrected chi connectivity index (χ0v) is 11.5. The van der Waals surface area contributed by atoms with Gasteiger partial charge in [0.1, 0.15) is 0 Å². The minimum atomic E-state index is -0.191. The van der Waals surface area contributed by atoms with Crippen LogP contribution in [0.4, 0.5) is 5.95 Å². The molecule has 6 nitrogen and oxygen atoms in total. The summed E-state index contributed by atoms with van der Waals surface area (Å²) in [5.74, 6) is 0.160. The molecule has 0 atom stereocenters. The van der Waals surface area contributed by atoms with Gasteiger partial charge >= 0.3 is 0 Å². The number of amides is 1. The van der Waals surface area contributed by atoms with E-state index in [2.05, 4.69) is 32.7 Å². The van der Waals surface area contributed by atoms with Crippen molar-refractivity contribution in [2.75, 3.05) is 5.32 Å². The van der Waals surface area contributed by atoms with Gasteiger partial charge in [0.15, 0.2) is 5.65 Å². The molecule has 0 radical (unpaired) electrons. The largest absolute Gasteiger partial charge is 0.293 e. The van der Waals surface area contributed by atoms with Gasteiger partial charge in [-0.05, 0) is 30.0 Å². The Morgan fingerprint density at radius 3 is 2.86 bits per heavy atom. The molecule has 0 unspecified atom stereocenters. The Morgan fingerprint density at radius 2 is 2.00 bits per heavy atom. The standard InChI is InChI=1S/C15H13N5O/c1-9(21)16-15-18-17-13-8-11-7-6-10-4-2-3-5-12(10)14(11)19-20(13)15/h2-5,8H,6-7H2,1H3,(H,16,18,21). The molecule has 0 saturated heterocycles. The van der Waals surface area contributed by atoms with Crippen molar-refractivity contribution >= 4 is 17.5 Å². The van der Waals surface area contributed by atoms with Crippen LogP contribution in [-0.2, 0) is 17.6 Å². The van der Waals surface area contributed by atoms with E-state index in [4.69, 9.17) is 0 Å². The van der Waals surface area contributed by atoms with Crippen LogP contribution in [0.15, 0.2) is 30.3 Å². The SMILES string of the molecule is CC(=O)Nc1nnc2cc3c(nn12)-c1ccccc1CC3. The maximum absolute atomic E-state index is 11.2. The van der Waals surface area contributed by atoms with Crippen molar-refractivity contribution in [1.82, 2.24) is 19.8 Å². The van der Waals surface area contributed by atoms with Gasteiger partial charge in [0.2, 0.25) is 5.91 Å². The van der Waals surface area contributed by atoms with Gasteiger partial charge in [-0.25, -0.2) is 0 Å². The molecular weight excluding hydrogens is 266 g/mol. The molecule has 0 spiro atoms. The highest BCUT2D eigenvalue weighted by atomic mass is 16.1. The third kappa shape index (κ3) is 1.87. The van der Waals surface area contributed by atoms with Crippen LogP contribution in [0.3, 0.4) is 0 Å². The smallest absolute Gasteiger partial charge is 0.252 e. The summed E-state index contributed by atoms with van der Waals surface area (Å²) < 4.78 is 1.59. The zero-order valence-electron chi connectivity index (χ0n) is 11.5. The van der Waals surface area contributed by atoms with Crippen molar-refractivity contribution < 1.29 is 4.79 Å². The third-order valence-electron chi connectivity index (χ3n) is 3.70. The van der Waals surface area contributed by atoms with Crippen molar-refractivity contribution in [1.29, 1.82) is 0 Å². The summed E-state index contributed by atoms with van der Waals surface area (Å²) in [4.78, 5) is 11.2. The van der Waals surface area contributed by atoms with Crippen LogP contribution < -0.4 is 5.32 Å². The number of nitrogens with one attached hydrogen (secondary N) is 1. The maximum Gasteiger partial charge on any atom is 0.252 e. The van der Waals surface area contributed by atoms with Crippen LogP contribution in [0.5, 0.6) is 0 Å². The molecule has 3 aromatic rings. The normalized spacial score (nSPS) is 12.8. The summed E-state index contributed by atoms with van der Waals surface area (Å²) in [6.07, 6.45) is 1.95. The van der Waals surface area contributed by atoms with Crippen molar-refractivity contribution in [2.24, 2.45) is 0 Å². The van der Waals surface area contributed by atoms with Crippen LogP contribution >= 0.6 is 0 Å². The fourth-order valence-corrected chi connectivity index (χ4v) is 2.76. The second-order valence-corrected chi connectivity index (χ2v) is 5.15. The number of aromatic nitrogens is 4. The monoisotopic (exact) mass is 279 g/mol. The van der Waals surface area contributed by atoms with Gasteiger partial charge in [-0.2, -0.15) is 9.61 Å². The molecule has 1 amide bonds. The van der Waals surface area contributed by atoms with Crippen LogP contribution in [0.2, 0.25) is 0 Å². The molecule has 0 aliphatic heterocycles. The molecule has 0 bridgehead atoms. The van der Waals surface area contributed by atoms with Crippen LogP contribution in [0, 0.1) is 0 Å². The fraction of sp³-hybridized carbons (Fsp3) is 0.200. The summed E-state index contributed by atoms with van der Waals surface area (Å²) in [6.45, 7) is 1.44. The molecule has 4 rings (SSSR count). The van der Waals surface area contributed by atoms with E-state index in [1.54, 1.807) is 4.52 Å². The Morgan fingerprint density at radius 1 is 1.19 bits per heavy atom. The van der Waals surface area contributed by atoms with Gasteiger partial charge in [-0.1, -0.05) is 24.3 Å². The summed E-state index contributed by atoms with van der Waals surface area (Å²) in [7, 11) is 0. The first-order chi connectivity index (χ1) is 10.2. The first kappa shape index (κ1) is 12.0. The number of anilines is 1. The number of hydrogen-bond acceptors (Lipinski definition) is 4.